The van der Waals surface area contributed by atoms with Gasteiger partial charge in [0.15, 0.2) is 0 Å². The maximum absolute atomic E-state index is 6.15. The molecule has 0 spiro atoms. The van der Waals surface area contributed by atoms with Crippen LogP contribution in [-0.4, -0.2) is 14.5 Å². The van der Waals surface area contributed by atoms with Crippen molar-refractivity contribution in [1.29, 1.82) is 0 Å². The van der Waals surface area contributed by atoms with Crippen molar-refractivity contribution in [3.8, 4) is 11.5 Å². The molecule has 0 aliphatic heterocycles. The highest BCUT2D eigenvalue weighted by Crippen LogP contribution is 2.27. The minimum absolute atomic E-state index is 0.616. The van der Waals surface area contributed by atoms with Gasteiger partial charge in [0.05, 0.1) is 23.8 Å². The van der Waals surface area contributed by atoms with Gasteiger partial charge in [-0.25, -0.2) is 9.97 Å². The van der Waals surface area contributed by atoms with E-state index >= 15 is 0 Å². The number of imidazole rings is 1. The molecule has 2 radical (unpaired) electrons. The Kier molecular flexibility index (Phi) is 3.08. The first-order chi connectivity index (χ1) is 9.60. The highest BCUT2D eigenvalue weighted by Gasteiger charge is 2.13. The molecule has 0 atom stereocenters. The first-order valence-electron chi connectivity index (χ1n) is 6.79. The summed E-state index contributed by atoms with van der Waals surface area (Å²) in [5, 5.41) is 0. The maximum atomic E-state index is 6.15. The zero-order chi connectivity index (χ0) is 14.3. The van der Waals surface area contributed by atoms with Gasteiger partial charge in [0, 0.05) is 12.0 Å². The molecule has 0 bridgehead atoms. The summed E-state index contributed by atoms with van der Waals surface area (Å²) >= 11 is 0. The second-order valence-corrected chi connectivity index (χ2v) is 5.10. The Balaban J connectivity index is 2.20. The van der Waals surface area contributed by atoms with Crippen LogP contribution in [0.2, 0.25) is 0 Å². The Morgan fingerprint density at radius 1 is 1.25 bits per heavy atom. The van der Waals surface area contributed by atoms with Crippen LogP contribution in [0.5, 0.6) is 0 Å². The van der Waals surface area contributed by atoms with Gasteiger partial charge in [-0.3, -0.25) is 0 Å². The van der Waals surface area contributed by atoms with Gasteiger partial charge in [-0.05, 0) is 38.0 Å². The van der Waals surface area contributed by atoms with Crippen molar-refractivity contribution in [2.75, 3.05) is 0 Å². The Hall–Kier alpha value is -2.10. The molecule has 2 aromatic heterocycles. The molecule has 4 nitrogen and oxygen atoms in total. The summed E-state index contributed by atoms with van der Waals surface area (Å²) in [5.74, 6) is 1.53. The third kappa shape index (κ3) is 2.01. The smallest absolute Gasteiger partial charge is 0.226 e. The fourth-order valence-corrected chi connectivity index (χ4v) is 2.42. The monoisotopic (exact) mass is 267 g/mol. The van der Waals surface area contributed by atoms with Crippen molar-refractivity contribution in [1.82, 2.24) is 14.5 Å². The molecule has 0 aliphatic carbocycles. The van der Waals surface area contributed by atoms with Gasteiger partial charge in [-0.15, -0.1) is 0 Å². The quantitative estimate of drug-likeness (QED) is 0.725. The molecular weight excluding hydrogens is 250 g/mol. The predicted molar refractivity (Wildman–Crippen MR) is 78.4 cm³/mol. The van der Waals surface area contributed by atoms with E-state index in [2.05, 4.69) is 16.9 Å². The Labute approximate surface area is 118 Å². The summed E-state index contributed by atoms with van der Waals surface area (Å²) in [6.07, 6.45) is 3.54. The lowest BCUT2D eigenvalue weighted by Gasteiger charge is -2.02. The van der Waals surface area contributed by atoms with Crippen LogP contribution in [-0.2, 0) is 6.42 Å². The van der Waals surface area contributed by atoms with E-state index in [1.54, 1.807) is 10.8 Å². The van der Waals surface area contributed by atoms with E-state index in [1.807, 2.05) is 26.0 Å². The second kappa shape index (κ2) is 4.78. The Bertz CT molecular complexity index is 767. The van der Waals surface area contributed by atoms with Gasteiger partial charge in [0.1, 0.15) is 12.1 Å². The lowest BCUT2D eigenvalue weighted by atomic mass is 10.1. The van der Waals surface area contributed by atoms with E-state index in [9.17, 15) is 0 Å². The molecule has 20 heavy (non-hydrogen) atoms. The lowest BCUT2D eigenvalue weighted by Crippen LogP contribution is -1.94. The average molecular weight is 267 g/mol. The molecule has 0 fully saturated rings. The minimum Gasteiger partial charge on any atom is -0.444 e. The van der Waals surface area contributed by atoms with E-state index in [0.717, 1.165) is 46.5 Å². The predicted octanol–water partition coefficient (Wildman–Crippen LogP) is 3.78. The van der Waals surface area contributed by atoms with Crippen molar-refractivity contribution < 1.29 is 4.42 Å². The fourth-order valence-electron chi connectivity index (χ4n) is 2.42. The van der Waals surface area contributed by atoms with Crippen LogP contribution < -0.4 is 0 Å². The SMILES string of the molecule is [CH]n1c(CCC)nc2c(C)cc(-c3nc(C)co3)cc21. The minimum atomic E-state index is 0.616. The summed E-state index contributed by atoms with van der Waals surface area (Å²) in [6, 6.07) is 4.02. The number of aromatic nitrogens is 3. The lowest BCUT2D eigenvalue weighted by molar-refractivity contribution is 0.573. The molecule has 3 aromatic rings. The topological polar surface area (TPSA) is 43.9 Å². The van der Waals surface area contributed by atoms with Crippen molar-refractivity contribution in [2.24, 2.45) is 0 Å². The number of aryl methyl sites for hydroxylation is 3. The van der Waals surface area contributed by atoms with E-state index < -0.39 is 0 Å². The first-order valence-corrected chi connectivity index (χ1v) is 6.79. The van der Waals surface area contributed by atoms with Gasteiger partial charge < -0.3 is 8.98 Å². The molecule has 0 saturated heterocycles. The summed E-state index contributed by atoms with van der Waals surface area (Å²) in [7, 11) is 6.15. The molecule has 0 unspecified atom stereocenters. The molecule has 0 amide bonds. The summed E-state index contributed by atoms with van der Waals surface area (Å²) < 4.78 is 7.14. The van der Waals surface area contributed by atoms with E-state index in [-0.39, 0.29) is 0 Å². The van der Waals surface area contributed by atoms with Crippen molar-refractivity contribution in [3.63, 3.8) is 0 Å². The zero-order valence-corrected chi connectivity index (χ0v) is 12.0. The summed E-state index contributed by atoms with van der Waals surface area (Å²) in [4.78, 5) is 8.99. The van der Waals surface area contributed by atoms with Crippen LogP contribution in [0.15, 0.2) is 22.8 Å². The standard InChI is InChI=1S/C16H17N3O/c1-5-6-14-18-15-10(2)7-12(8-13(15)19(14)4)16-17-11(3)9-20-16/h4,7-9H,5-6H2,1-3H3. The highest BCUT2D eigenvalue weighted by atomic mass is 16.3. The van der Waals surface area contributed by atoms with Crippen LogP contribution in [0.25, 0.3) is 22.5 Å². The van der Waals surface area contributed by atoms with Gasteiger partial charge in [0.25, 0.3) is 0 Å². The number of rotatable bonds is 3. The number of nitrogens with zero attached hydrogens (tertiary/aromatic N) is 3. The number of benzene rings is 1. The van der Waals surface area contributed by atoms with E-state index in [0.29, 0.717) is 5.89 Å². The molecule has 0 N–H and O–H groups in total. The number of fused-ring (bicyclic) bond motifs is 1. The van der Waals surface area contributed by atoms with Crippen LogP contribution in [0.1, 0.15) is 30.4 Å². The van der Waals surface area contributed by atoms with Gasteiger partial charge in [0.2, 0.25) is 5.89 Å². The molecule has 102 valence electrons. The fraction of sp³-hybridized carbons (Fsp3) is 0.312. The molecule has 0 aliphatic rings. The number of hydrogen-bond acceptors (Lipinski definition) is 3. The van der Waals surface area contributed by atoms with Crippen LogP contribution >= 0.6 is 0 Å². The van der Waals surface area contributed by atoms with Crippen LogP contribution in [0.4, 0.5) is 0 Å². The van der Waals surface area contributed by atoms with Gasteiger partial charge in [-0.2, -0.15) is 0 Å². The summed E-state index contributed by atoms with van der Waals surface area (Å²) in [6.45, 7) is 6.06. The van der Waals surface area contributed by atoms with Crippen LogP contribution in [0.3, 0.4) is 0 Å². The number of oxazole rings is 1. The second-order valence-electron chi connectivity index (χ2n) is 5.10. The van der Waals surface area contributed by atoms with E-state index in [1.165, 1.54) is 0 Å². The molecule has 1 aromatic carbocycles. The Morgan fingerprint density at radius 3 is 2.70 bits per heavy atom. The maximum Gasteiger partial charge on any atom is 0.226 e. The van der Waals surface area contributed by atoms with Gasteiger partial charge >= 0.3 is 0 Å². The van der Waals surface area contributed by atoms with E-state index in [4.69, 9.17) is 11.5 Å². The average Bonchev–Trinajstić information content (AvgIpc) is 2.97. The van der Waals surface area contributed by atoms with Crippen LogP contribution in [0, 0.1) is 20.9 Å². The molecule has 2 heterocycles. The third-order valence-electron chi connectivity index (χ3n) is 3.40. The summed E-state index contributed by atoms with van der Waals surface area (Å²) in [5.41, 5.74) is 4.74. The van der Waals surface area contributed by atoms with Crippen molar-refractivity contribution >= 4 is 11.0 Å². The van der Waals surface area contributed by atoms with Gasteiger partial charge in [-0.1, -0.05) is 6.92 Å². The first kappa shape index (κ1) is 12.9. The van der Waals surface area contributed by atoms with Crippen molar-refractivity contribution in [2.45, 2.75) is 33.6 Å². The van der Waals surface area contributed by atoms with Crippen molar-refractivity contribution in [3.05, 3.63) is 42.5 Å². The molecule has 3 rings (SSSR count). The number of hydrogen-bond donors (Lipinski definition) is 0. The third-order valence-corrected chi connectivity index (χ3v) is 3.40. The molecular formula is C16H17N3O. The Morgan fingerprint density at radius 2 is 2.05 bits per heavy atom. The zero-order valence-electron chi connectivity index (χ0n) is 12.0. The largest absolute Gasteiger partial charge is 0.444 e. The normalized spacial score (nSPS) is 11.4. The highest BCUT2D eigenvalue weighted by molar-refractivity contribution is 5.84. The molecule has 0 saturated carbocycles. The molecule has 4 heteroatoms.